The number of rotatable bonds is 6. The molecule has 8 heteroatoms. The molecular weight excluding hydrogens is 358 g/mol. The zero-order valence-corrected chi connectivity index (χ0v) is 17.4. The predicted molar refractivity (Wildman–Crippen MR) is 107 cm³/mol. The largest absolute Gasteiger partial charge is 0.370 e. The van der Waals surface area contributed by atoms with E-state index in [1.807, 2.05) is 11.0 Å². The fourth-order valence-corrected chi connectivity index (χ4v) is 3.53. The normalized spacial score (nSPS) is 20.0. The van der Waals surface area contributed by atoms with Crippen molar-refractivity contribution in [1.82, 2.24) is 24.5 Å². The molecular formula is C20H33N5O3. The highest BCUT2D eigenvalue weighted by Gasteiger charge is 2.22. The van der Waals surface area contributed by atoms with Crippen LogP contribution in [-0.4, -0.2) is 96.0 Å². The number of carbonyl (C=O) groups is 1. The highest BCUT2D eigenvalue weighted by molar-refractivity contribution is 5.77. The van der Waals surface area contributed by atoms with E-state index in [1.54, 1.807) is 10.7 Å². The van der Waals surface area contributed by atoms with E-state index in [0.29, 0.717) is 19.7 Å². The zero-order valence-electron chi connectivity index (χ0n) is 17.4. The summed E-state index contributed by atoms with van der Waals surface area (Å²) in [6.45, 7) is 14.9. The Morgan fingerprint density at radius 3 is 2.18 bits per heavy atom. The Kier molecular flexibility index (Phi) is 6.85. The third-order valence-electron chi connectivity index (χ3n) is 5.50. The lowest BCUT2D eigenvalue weighted by Gasteiger charge is -2.36. The first kappa shape index (κ1) is 21.0. The molecule has 1 aromatic heterocycles. The minimum atomic E-state index is -0.0665. The summed E-state index contributed by atoms with van der Waals surface area (Å²) in [5, 5.41) is 4.55. The van der Waals surface area contributed by atoms with E-state index in [0.717, 1.165) is 51.5 Å². The summed E-state index contributed by atoms with van der Waals surface area (Å²) >= 11 is 0. The molecule has 0 spiro atoms. The quantitative estimate of drug-likeness (QED) is 0.681. The number of morpholine rings is 1. The van der Waals surface area contributed by atoms with Crippen LogP contribution in [0.25, 0.3) is 0 Å². The molecule has 2 aliphatic heterocycles. The van der Waals surface area contributed by atoms with Gasteiger partial charge >= 0.3 is 0 Å². The molecule has 0 bridgehead atoms. The van der Waals surface area contributed by atoms with Crippen molar-refractivity contribution in [3.05, 3.63) is 28.2 Å². The standard InChI is InChI=1S/C20H33N5O3/c1-20(2,3)17-4-5-18(26)25(21-17)13-11-23-8-6-22(7-9-23)10-12-24-14-15-28-16-19(24)27/h4-5H,6-16H2,1-3H3. The Bertz CT molecular complexity index is 719. The van der Waals surface area contributed by atoms with Gasteiger partial charge in [0.15, 0.2) is 0 Å². The summed E-state index contributed by atoms with van der Waals surface area (Å²) in [5.41, 5.74) is 0.833. The number of ether oxygens (including phenoxy) is 1. The highest BCUT2D eigenvalue weighted by atomic mass is 16.5. The van der Waals surface area contributed by atoms with Crippen LogP contribution in [0.4, 0.5) is 0 Å². The summed E-state index contributed by atoms with van der Waals surface area (Å²) in [7, 11) is 0. The van der Waals surface area contributed by atoms with Crippen LogP contribution in [0.15, 0.2) is 16.9 Å². The molecule has 0 atom stereocenters. The molecule has 0 unspecified atom stereocenters. The molecule has 8 nitrogen and oxygen atoms in total. The Hall–Kier alpha value is -1.77. The van der Waals surface area contributed by atoms with Gasteiger partial charge in [-0.2, -0.15) is 5.10 Å². The summed E-state index contributed by atoms with van der Waals surface area (Å²) in [4.78, 5) is 30.6. The van der Waals surface area contributed by atoms with E-state index >= 15 is 0 Å². The fraction of sp³-hybridized carbons (Fsp3) is 0.750. The lowest BCUT2D eigenvalue weighted by atomic mass is 9.92. The van der Waals surface area contributed by atoms with Crippen LogP contribution in [0.3, 0.4) is 0 Å². The van der Waals surface area contributed by atoms with E-state index in [2.05, 4.69) is 35.7 Å². The molecule has 2 fully saturated rings. The van der Waals surface area contributed by atoms with Crippen LogP contribution in [0, 0.1) is 0 Å². The average molecular weight is 392 g/mol. The minimum absolute atomic E-state index is 0.0400. The zero-order chi connectivity index (χ0) is 20.1. The van der Waals surface area contributed by atoms with Crippen molar-refractivity contribution in [1.29, 1.82) is 0 Å². The van der Waals surface area contributed by atoms with Crippen LogP contribution in [0.1, 0.15) is 26.5 Å². The first-order valence-corrected chi connectivity index (χ1v) is 10.2. The van der Waals surface area contributed by atoms with Gasteiger partial charge in [-0.25, -0.2) is 4.68 Å². The van der Waals surface area contributed by atoms with Crippen molar-refractivity contribution < 1.29 is 9.53 Å². The monoisotopic (exact) mass is 391 g/mol. The number of hydrogen-bond donors (Lipinski definition) is 0. The number of aromatic nitrogens is 2. The molecule has 0 saturated carbocycles. The van der Waals surface area contributed by atoms with Gasteiger partial charge in [-0.3, -0.25) is 19.4 Å². The molecule has 0 aliphatic carbocycles. The van der Waals surface area contributed by atoms with Gasteiger partial charge in [0.05, 0.1) is 18.8 Å². The Labute approximate surface area is 167 Å². The van der Waals surface area contributed by atoms with Crippen LogP contribution >= 0.6 is 0 Å². The Balaban J connectivity index is 1.42. The summed E-state index contributed by atoms with van der Waals surface area (Å²) < 4.78 is 6.77. The van der Waals surface area contributed by atoms with Crippen molar-refractivity contribution in [3.8, 4) is 0 Å². The number of piperazine rings is 1. The summed E-state index contributed by atoms with van der Waals surface area (Å²) in [5.74, 6) is 0.0975. The fourth-order valence-electron chi connectivity index (χ4n) is 3.53. The Morgan fingerprint density at radius 1 is 0.929 bits per heavy atom. The number of hydrogen-bond acceptors (Lipinski definition) is 6. The molecule has 2 aliphatic rings. The predicted octanol–water partition coefficient (Wildman–Crippen LogP) is 0.0172. The number of nitrogens with zero attached hydrogens (tertiary/aromatic N) is 5. The van der Waals surface area contributed by atoms with Crippen molar-refractivity contribution >= 4 is 5.91 Å². The van der Waals surface area contributed by atoms with E-state index in [4.69, 9.17) is 4.74 Å². The molecule has 0 radical (unpaired) electrons. The summed E-state index contributed by atoms with van der Waals surface area (Å²) in [6, 6.07) is 3.45. The summed E-state index contributed by atoms with van der Waals surface area (Å²) in [6.07, 6.45) is 0. The molecule has 1 aromatic rings. The van der Waals surface area contributed by atoms with Crippen molar-refractivity contribution in [2.75, 3.05) is 65.6 Å². The lowest BCUT2D eigenvalue weighted by Crippen LogP contribution is -2.51. The van der Waals surface area contributed by atoms with Gasteiger partial charge in [0.2, 0.25) is 5.91 Å². The van der Waals surface area contributed by atoms with Gasteiger partial charge in [-0.15, -0.1) is 0 Å². The van der Waals surface area contributed by atoms with Gasteiger partial charge in [-0.1, -0.05) is 20.8 Å². The van der Waals surface area contributed by atoms with E-state index in [-0.39, 0.29) is 23.5 Å². The van der Waals surface area contributed by atoms with Crippen LogP contribution < -0.4 is 5.56 Å². The van der Waals surface area contributed by atoms with Crippen molar-refractivity contribution in [2.24, 2.45) is 0 Å². The molecule has 156 valence electrons. The second kappa shape index (κ2) is 9.15. The Morgan fingerprint density at radius 2 is 1.57 bits per heavy atom. The molecule has 2 saturated heterocycles. The smallest absolute Gasteiger partial charge is 0.266 e. The topological polar surface area (TPSA) is 70.9 Å². The van der Waals surface area contributed by atoms with E-state index in [9.17, 15) is 9.59 Å². The van der Waals surface area contributed by atoms with Crippen LogP contribution in [0.5, 0.6) is 0 Å². The number of amides is 1. The van der Waals surface area contributed by atoms with Gasteiger partial charge in [0.25, 0.3) is 5.56 Å². The van der Waals surface area contributed by atoms with Crippen LogP contribution in [-0.2, 0) is 21.5 Å². The van der Waals surface area contributed by atoms with Gasteiger partial charge < -0.3 is 9.64 Å². The van der Waals surface area contributed by atoms with Crippen LogP contribution in [0.2, 0.25) is 0 Å². The second-order valence-corrected chi connectivity index (χ2v) is 8.65. The molecule has 0 aromatic carbocycles. The molecule has 3 heterocycles. The van der Waals surface area contributed by atoms with Gasteiger partial charge in [-0.05, 0) is 6.07 Å². The maximum absolute atomic E-state index is 12.1. The molecule has 0 N–H and O–H groups in total. The molecule has 28 heavy (non-hydrogen) atoms. The molecule has 1 amide bonds. The van der Waals surface area contributed by atoms with Gasteiger partial charge in [0, 0.05) is 63.8 Å². The maximum Gasteiger partial charge on any atom is 0.266 e. The number of carbonyl (C=O) groups excluding carboxylic acids is 1. The SMILES string of the molecule is CC(C)(C)c1ccc(=O)n(CCN2CCN(CCN3CCOCC3=O)CC2)n1. The third-order valence-corrected chi connectivity index (χ3v) is 5.50. The third kappa shape index (κ3) is 5.62. The highest BCUT2D eigenvalue weighted by Crippen LogP contribution is 2.18. The van der Waals surface area contributed by atoms with Crippen molar-refractivity contribution in [3.63, 3.8) is 0 Å². The second-order valence-electron chi connectivity index (χ2n) is 8.65. The maximum atomic E-state index is 12.1. The average Bonchev–Trinajstić information content (AvgIpc) is 2.67. The lowest BCUT2D eigenvalue weighted by molar-refractivity contribution is -0.142. The first-order valence-electron chi connectivity index (χ1n) is 10.2. The minimum Gasteiger partial charge on any atom is -0.370 e. The van der Waals surface area contributed by atoms with Gasteiger partial charge in [0.1, 0.15) is 6.61 Å². The first-order chi connectivity index (χ1) is 13.3. The van der Waals surface area contributed by atoms with E-state index < -0.39 is 0 Å². The van der Waals surface area contributed by atoms with E-state index in [1.165, 1.54) is 0 Å². The van der Waals surface area contributed by atoms with Crippen molar-refractivity contribution in [2.45, 2.75) is 32.7 Å². The molecule has 3 rings (SSSR count).